The molecule has 1 aromatic rings. The third-order valence-electron chi connectivity index (χ3n) is 3.98. The van der Waals surface area contributed by atoms with E-state index in [1.54, 1.807) is 0 Å². The van der Waals surface area contributed by atoms with Crippen molar-refractivity contribution in [2.24, 2.45) is 0 Å². The van der Waals surface area contributed by atoms with Crippen molar-refractivity contribution in [3.8, 4) is 0 Å². The van der Waals surface area contributed by atoms with Crippen LogP contribution < -0.4 is 10.0 Å². The lowest BCUT2D eigenvalue weighted by Crippen LogP contribution is -2.30. The smallest absolute Gasteiger partial charge is 0.269 e. The molecule has 0 atom stereocenters. The number of nitrogens with zero attached hydrogens (tertiary/aromatic N) is 2. The van der Waals surface area contributed by atoms with Gasteiger partial charge in [-0.2, -0.15) is 0 Å². The monoisotopic (exact) mass is 356 g/mol. The van der Waals surface area contributed by atoms with Crippen molar-refractivity contribution in [2.45, 2.75) is 24.2 Å². The maximum Gasteiger partial charge on any atom is 0.269 e. The molecule has 0 saturated carbocycles. The van der Waals surface area contributed by atoms with Crippen LogP contribution in [0.2, 0.25) is 0 Å². The van der Waals surface area contributed by atoms with Crippen LogP contribution in [0.1, 0.15) is 19.3 Å². The van der Waals surface area contributed by atoms with Gasteiger partial charge >= 0.3 is 0 Å². The van der Waals surface area contributed by atoms with Crippen molar-refractivity contribution in [3.63, 3.8) is 0 Å². The van der Waals surface area contributed by atoms with Crippen molar-refractivity contribution in [1.82, 2.24) is 14.9 Å². The number of unbranched alkanes of at least 4 members (excludes halogenated alkanes) is 1. The minimum absolute atomic E-state index is 0.0479. The number of rotatable bonds is 8. The third-order valence-corrected chi connectivity index (χ3v) is 5.46. The Bertz CT molecular complexity index is 625. The van der Waals surface area contributed by atoms with Crippen LogP contribution in [0.25, 0.3) is 0 Å². The van der Waals surface area contributed by atoms with Gasteiger partial charge in [0.1, 0.15) is 0 Å². The fourth-order valence-electron chi connectivity index (χ4n) is 2.62. The number of nitrogens with one attached hydrogen (secondary N) is 2. The number of hydrogen-bond donors (Lipinski definition) is 2. The summed E-state index contributed by atoms with van der Waals surface area (Å²) >= 11 is 0. The second kappa shape index (κ2) is 9.07. The van der Waals surface area contributed by atoms with Crippen molar-refractivity contribution in [1.29, 1.82) is 0 Å². The van der Waals surface area contributed by atoms with E-state index in [9.17, 15) is 18.5 Å². The lowest BCUT2D eigenvalue weighted by atomic mass is 10.3. The van der Waals surface area contributed by atoms with Gasteiger partial charge in [-0.05, 0) is 51.0 Å². The second-order valence-electron chi connectivity index (χ2n) is 5.80. The first-order valence-corrected chi connectivity index (χ1v) is 9.64. The molecule has 1 fully saturated rings. The predicted molar refractivity (Wildman–Crippen MR) is 91.4 cm³/mol. The van der Waals surface area contributed by atoms with Crippen LogP contribution >= 0.6 is 0 Å². The van der Waals surface area contributed by atoms with Crippen molar-refractivity contribution in [2.75, 3.05) is 39.3 Å². The van der Waals surface area contributed by atoms with Gasteiger partial charge in [0.05, 0.1) is 9.82 Å². The SMILES string of the molecule is O=[N+]([O-])c1ccc(S(=O)(=O)NCCCCN2CCCNCC2)cc1. The molecule has 1 aromatic carbocycles. The maximum absolute atomic E-state index is 12.1. The molecule has 134 valence electrons. The zero-order valence-corrected chi connectivity index (χ0v) is 14.4. The minimum Gasteiger partial charge on any atom is -0.315 e. The molecule has 0 bridgehead atoms. The molecule has 9 heteroatoms. The number of nitro benzene ring substituents is 1. The van der Waals surface area contributed by atoms with Crippen LogP contribution in [0, 0.1) is 10.1 Å². The van der Waals surface area contributed by atoms with Crippen LogP contribution in [0.3, 0.4) is 0 Å². The summed E-state index contributed by atoms with van der Waals surface area (Å²) in [5.41, 5.74) is -0.124. The molecule has 8 nitrogen and oxygen atoms in total. The fraction of sp³-hybridized carbons (Fsp3) is 0.600. The normalized spacial score (nSPS) is 16.7. The van der Waals surface area contributed by atoms with Crippen molar-refractivity contribution in [3.05, 3.63) is 34.4 Å². The average Bonchev–Trinajstić information content (AvgIpc) is 2.83. The van der Waals surface area contributed by atoms with Crippen LogP contribution in [-0.4, -0.2) is 57.5 Å². The van der Waals surface area contributed by atoms with Gasteiger partial charge in [0.2, 0.25) is 10.0 Å². The Balaban J connectivity index is 1.73. The molecular weight excluding hydrogens is 332 g/mol. The largest absolute Gasteiger partial charge is 0.315 e. The van der Waals surface area contributed by atoms with E-state index in [1.165, 1.54) is 24.3 Å². The molecule has 24 heavy (non-hydrogen) atoms. The predicted octanol–water partition coefficient (Wildman–Crippen LogP) is 0.949. The summed E-state index contributed by atoms with van der Waals surface area (Å²) in [6.45, 7) is 5.53. The number of nitro groups is 1. The lowest BCUT2D eigenvalue weighted by Gasteiger charge is -2.19. The van der Waals surface area contributed by atoms with Gasteiger partial charge in [-0.3, -0.25) is 10.1 Å². The highest BCUT2D eigenvalue weighted by Gasteiger charge is 2.15. The van der Waals surface area contributed by atoms with E-state index >= 15 is 0 Å². The summed E-state index contributed by atoms with van der Waals surface area (Å²) in [6, 6.07) is 4.90. The summed E-state index contributed by atoms with van der Waals surface area (Å²) in [4.78, 5) is 12.5. The molecule has 1 saturated heterocycles. The summed E-state index contributed by atoms with van der Waals surface area (Å²) in [5.74, 6) is 0. The summed E-state index contributed by atoms with van der Waals surface area (Å²) in [7, 11) is -3.61. The Morgan fingerprint density at radius 2 is 1.92 bits per heavy atom. The topological polar surface area (TPSA) is 105 Å². The molecule has 0 radical (unpaired) electrons. The van der Waals surface area contributed by atoms with Gasteiger partial charge < -0.3 is 10.2 Å². The Hall–Kier alpha value is -1.55. The molecule has 0 unspecified atom stereocenters. The van der Waals surface area contributed by atoms with Gasteiger partial charge in [-0.25, -0.2) is 13.1 Å². The molecular formula is C15H24N4O4S. The average molecular weight is 356 g/mol. The van der Waals surface area contributed by atoms with Gasteiger partial charge in [0.25, 0.3) is 5.69 Å². The minimum atomic E-state index is -3.61. The molecule has 2 rings (SSSR count). The number of hydrogen-bond acceptors (Lipinski definition) is 6. The number of sulfonamides is 1. The van der Waals surface area contributed by atoms with Gasteiger partial charge in [0, 0.05) is 31.8 Å². The third kappa shape index (κ3) is 5.82. The lowest BCUT2D eigenvalue weighted by molar-refractivity contribution is -0.384. The quantitative estimate of drug-likeness (QED) is 0.408. The Morgan fingerprint density at radius 3 is 2.62 bits per heavy atom. The van der Waals surface area contributed by atoms with Gasteiger partial charge in [0.15, 0.2) is 0 Å². The van der Waals surface area contributed by atoms with E-state index in [2.05, 4.69) is 14.9 Å². The summed E-state index contributed by atoms with van der Waals surface area (Å²) in [5, 5.41) is 13.9. The molecule has 0 spiro atoms. The highest BCUT2D eigenvalue weighted by molar-refractivity contribution is 7.89. The van der Waals surface area contributed by atoms with E-state index in [0.717, 1.165) is 52.0 Å². The highest BCUT2D eigenvalue weighted by Crippen LogP contribution is 2.15. The zero-order valence-electron chi connectivity index (χ0n) is 13.6. The molecule has 2 N–H and O–H groups in total. The van der Waals surface area contributed by atoms with E-state index < -0.39 is 14.9 Å². The van der Waals surface area contributed by atoms with E-state index in [-0.39, 0.29) is 10.6 Å². The number of benzene rings is 1. The number of non-ortho nitro benzene ring substituents is 1. The first-order chi connectivity index (χ1) is 11.5. The second-order valence-corrected chi connectivity index (χ2v) is 7.57. The Labute approximate surface area is 142 Å². The maximum atomic E-state index is 12.1. The van der Waals surface area contributed by atoms with Crippen molar-refractivity contribution >= 4 is 15.7 Å². The van der Waals surface area contributed by atoms with Crippen molar-refractivity contribution < 1.29 is 13.3 Å². The van der Waals surface area contributed by atoms with Gasteiger partial charge in [-0.1, -0.05) is 0 Å². The van der Waals surface area contributed by atoms with Gasteiger partial charge in [-0.15, -0.1) is 0 Å². The highest BCUT2D eigenvalue weighted by atomic mass is 32.2. The molecule has 0 aromatic heterocycles. The van der Waals surface area contributed by atoms with Crippen LogP contribution in [0.15, 0.2) is 29.2 Å². The van der Waals surface area contributed by atoms with Crippen LogP contribution in [0.4, 0.5) is 5.69 Å². The molecule has 0 amide bonds. The van der Waals surface area contributed by atoms with E-state index in [0.29, 0.717) is 6.54 Å². The van der Waals surface area contributed by atoms with Crippen LogP contribution in [0.5, 0.6) is 0 Å². The fourth-order valence-corrected chi connectivity index (χ4v) is 3.70. The Morgan fingerprint density at radius 1 is 1.17 bits per heavy atom. The van der Waals surface area contributed by atoms with Crippen LogP contribution in [-0.2, 0) is 10.0 Å². The Kier molecular flexibility index (Phi) is 7.10. The summed E-state index contributed by atoms with van der Waals surface area (Å²) in [6.07, 6.45) is 2.84. The van der Waals surface area contributed by atoms with E-state index in [1.807, 2.05) is 0 Å². The van der Waals surface area contributed by atoms with E-state index in [4.69, 9.17) is 0 Å². The molecule has 0 aliphatic carbocycles. The first-order valence-electron chi connectivity index (χ1n) is 8.16. The molecule has 1 heterocycles. The molecule has 1 aliphatic heterocycles. The summed E-state index contributed by atoms with van der Waals surface area (Å²) < 4.78 is 26.8. The molecule has 1 aliphatic rings. The first kappa shape index (κ1) is 18.8. The zero-order chi connectivity index (χ0) is 17.4. The standard InChI is InChI=1S/C15H24N4O4S/c20-19(21)14-4-6-15(7-5-14)24(22,23)17-9-1-2-11-18-12-3-8-16-10-13-18/h4-7,16-17H,1-3,8-13H2.